The molecule has 0 spiro atoms. The van der Waals surface area contributed by atoms with Crippen molar-refractivity contribution in [2.45, 2.75) is 13.3 Å². The molecule has 0 aromatic carbocycles. The van der Waals surface area contributed by atoms with E-state index in [1.165, 1.54) is 5.57 Å². The van der Waals surface area contributed by atoms with Crippen molar-refractivity contribution in [3.05, 3.63) is 35.2 Å². The molecule has 2 nitrogen and oxygen atoms in total. The van der Waals surface area contributed by atoms with Gasteiger partial charge < -0.3 is 11.5 Å². The van der Waals surface area contributed by atoms with Gasteiger partial charge in [-0.3, -0.25) is 0 Å². The predicted molar refractivity (Wildman–Crippen MR) is 42.9 cm³/mol. The minimum absolute atomic E-state index is 0.688. The van der Waals surface area contributed by atoms with Crippen molar-refractivity contribution in [1.29, 1.82) is 0 Å². The van der Waals surface area contributed by atoms with Crippen LogP contribution in [0, 0.1) is 0 Å². The van der Waals surface area contributed by atoms with Gasteiger partial charge >= 0.3 is 0 Å². The highest BCUT2D eigenvalue weighted by molar-refractivity contribution is 5.32. The minimum atomic E-state index is 0.688. The highest BCUT2D eigenvalue weighted by Crippen LogP contribution is 2.09. The summed E-state index contributed by atoms with van der Waals surface area (Å²) in [5.74, 6) is 0. The fourth-order valence-electron chi connectivity index (χ4n) is 0.785. The zero-order valence-electron chi connectivity index (χ0n) is 6.09. The van der Waals surface area contributed by atoms with Crippen molar-refractivity contribution in [2.75, 3.05) is 0 Å². The second kappa shape index (κ2) is 2.60. The van der Waals surface area contributed by atoms with E-state index in [2.05, 4.69) is 6.08 Å². The summed E-state index contributed by atoms with van der Waals surface area (Å²) in [4.78, 5) is 0. The van der Waals surface area contributed by atoms with E-state index in [-0.39, 0.29) is 0 Å². The second-order valence-corrected chi connectivity index (χ2v) is 2.47. The molecule has 0 bridgehead atoms. The summed E-state index contributed by atoms with van der Waals surface area (Å²) >= 11 is 0. The van der Waals surface area contributed by atoms with Crippen LogP contribution in [0.5, 0.6) is 0 Å². The lowest BCUT2D eigenvalue weighted by atomic mass is 10.2. The Hall–Kier alpha value is -1.18. The van der Waals surface area contributed by atoms with Crippen molar-refractivity contribution >= 4 is 0 Å². The number of rotatable bonds is 0. The van der Waals surface area contributed by atoms with Gasteiger partial charge in [-0.15, -0.1) is 0 Å². The average Bonchev–Trinajstić information content (AvgIpc) is 2.04. The van der Waals surface area contributed by atoms with Crippen molar-refractivity contribution in [3.63, 3.8) is 0 Å². The first kappa shape index (κ1) is 6.93. The maximum absolute atomic E-state index is 5.60. The largest absolute Gasteiger partial charge is 0.400 e. The van der Waals surface area contributed by atoms with E-state index < -0.39 is 0 Å². The summed E-state index contributed by atoms with van der Waals surface area (Å²) in [5.41, 5.74) is 13.8. The molecule has 0 radical (unpaired) electrons. The van der Waals surface area contributed by atoms with Crippen LogP contribution in [0.3, 0.4) is 0 Å². The van der Waals surface area contributed by atoms with Crippen LogP contribution in [0.1, 0.15) is 13.3 Å². The summed E-state index contributed by atoms with van der Waals surface area (Å²) in [6.45, 7) is 2.03. The molecule has 0 aliphatic heterocycles. The summed E-state index contributed by atoms with van der Waals surface area (Å²) in [6.07, 6.45) is 6.64. The van der Waals surface area contributed by atoms with Gasteiger partial charge in [-0.25, -0.2) is 0 Å². The third-order valence-corrected chi connectivity index (χ3v) is 1.54. The highest BCUT2D eigenvalue weighted by Gasteiger charge is 1.97. The monoisotopic (exact) mass is 136 g/mol. The molecule has 1 aliphatic carbocycles. The smallest absolute Gasteiger partial charge is 0.0508 e. The molecule has 0 unspecified atom stereocenters. The first-order chi connectivity index (χ1) is 4.70. The van der Waals surface area contributed by atoms with Gasteiger partial charge in [0.05, 0.1) is 5.70 Å². The topological polar surface area (TPSA) is 52.0 Å². The molecule has 0 heterocycles. The van der Waals surface area contributed by atoms with Gasteiger partial charge in [0.1, 0.15) is 0 Å². The van der Waals surface area contributed by atoms with Gasteiger partial charge in [0.15, 0.2) is 0 Å². The third kappa shape index (κ3) is 1.41. The van der Waals surface area contributed by atoms with Gasteiger partial charge in [-0.1, -0.05) is 17.7 Å². The Bertz CT molecular complexity index is 221. The molecule has 0 saturated carbocycles. The number of hydrogen-bond acceptors (Lipinski definition) is 2. The van der Waals surface area contributed by atoms with Gasteiger partial charge in [0.25, 0.3) is 0 Å². The van der Waals surface area contributed by atoms with Crippen LogP contribution >= 0.6 is 0 Å². The fourth-order valence-corrected chi connectivity index (χ4v) is 0.785. The predicted octanol–water partition coefficient (Wildman–Crippen LogP) is 1.02. The summed E-state index contributed by atoms with van der Waals surface area (Å²) < 4.78 is 0. The zero-order valence-corrected chi connectivity index (χ0v) is 6.09. The summed E-state index contributed by atoms with van der Waals surface area (Å²) in [7, 11) is 0. The van der Waals surface area contributed by atoms with E-state index in [1.807, 2.05) is 19.1 Å². The molecular weight excluding hydrogens is 124 g/mol. The van der Waals surface area contributed by atoms with E-state index in [0.717, 1.165) is 12.1 Å². The van der Waals surface area contributed by atoms with Crippen LogP contribution in [0.4, 0.5) is 0 Å². The molecule has 0 atom stereocenters. The molecule has 0 fully saturated rings. The molecular formula is C8H12N2. The van der Waals surface area contributed by atoms with E-state index >= 15 is 0 Å². The van der Waals surface area contributed by atoms with Gasteiger partial charge in [0.2, 0.25) is 0 Å². The summed E-state index contributed by atoms with van der Waals surface area (Å²) in [6, 6.07) is 0. The van der Waals surface area contributed by atoms with E-state index in [0.29, 0.717) is 5.70 Å². The lowest BCUT2D eigenvalue weighted by Gasteiger charge is -1.96. The van der Waals surface area contributed by atoms with E-state index in [4.69, 9.17) is 11.5 Å². The van der Waals surface area contributed by atoms with Crippen LogP contribution < -0.4 is 11.5 Å². The Kier molecular flexibility index (Phi) is 1.81. The normalized spacial score (nSPS) is 18.7. The Balaban J connectivity index is 2.89. The molecule has 0 amide bonds. The van der Waals surface area contributed by atoms with E-state index in [1.54, 1.807) is 0 Å². The van der Waals surface area contributed by atoms with E-state index in [9.17, 15) is 0 Å². The minimum Gasteiger partial charge on any atom is -0.400 e. The lowest BCUT2D eigenvalue weighted by molar-refractivity contribution is 1.11. The Morgan fingerprint density at radius 1 is 1.30 bits per heavy atom. The Labute approximate surface area is 60.9 Å². The average molecular weight is 136 g/mol. The quantitative estimate of drug-likeness (QED) is 0.522. The fraction of sp³-hybridized carbons (Fsp3) is 0.250. The molecule has 0 aromatic rings. The molecule has 1 aliphatic rings. The second-order valence-electron chi connectivity index (χ2n) is 2.47. The first-order valence-corrected chi connectivity index (χ1v) is 3.29. The molecule has 1 rings (SSSR count). The van der Waals surface area contributed by atoms with Crippen LogP contribution in [-0.2, 0) is 0 Å². The zero-order chi connectivity index (χ0) is 7.56. The maximum Gasteiger partial charge on any atom is 0.0508 e. The Morgan fingerprint density at radius 2 is 2.00 bits per heavy atom. The number of nitrogens with two attached hydrogens (primary N) is 2. The number of allylic oxidation sites excluding steroid dienone is 4. The van der Waals surface area contributed by atoms with Crippen molar-refractivity contribution in [2.24, 2.45) is 11.5 Å². The molecule has 54 valence electrons. The standard InChI is InChI=1S/C8H12N2/c1-6-2-4-7(9)8(10)5-3-6/h2-4H,5,9-10H2,1H3. The van der Waals surface area contributed by atoms with Gasteiger partial charge in [-0.2, -0.15) is 0 Å². The van der Waals surface area contributed by atoms with Gasteiger partial charge in [0, 0.05) is 12.1 Å². The number of hydrogen-bond donors (Lipinski definition) is 2. The van der Waals surface area contributed by atoms with Crippen LogP contribution in [0.25, 0.3) is 0 Å². The van der Waals surface area contributed by atoms with Crippen LogP contribution in [-0.4, -0.2) is 0 Å². The lowest BCUT2D eigenvalue weighted by Crippen LogP contribution is -2.05. The van der Waals surface area contributed by atoms with Crippen molar-refractivity contribution in [1.82, 2.24) is 0 Å². The maximum atomic E-state index is 5.60. The molecule has 2 heteroatoms. The Morgan fingerprint density at radius 3 is 2.70 bits per heavy atom. The molecule has 0 aromatic heterocycles. The van der Waals surface area contributed by atoms with Gasteiger partial charge in [-0.05, 0) is 13.0 Å². The van der Waals surface area contributed by atoms with Crippen LogP contribution in [0.15, 0.2) is 35.2 Å². The molecule has 0 saturated heterocycles. The van der Waals surface area contributed by atoms with Crippen molar-refractivity contribution < 1.29 is 0 Å². The van der Waals surface area contributed by atoms with Crippen LogP contribution in [0.2, 0.25) is 0 Å². The molecule has 10 heavy (non-hydrogen) atoms. The SMILES string of the molecule is CC1=CCC(N)=C(N)C=C1. The van der Waals surface area contributed by atoms with Crippen molar-refractivity contribution in [3.8, 4) is 0 Å². The third-order valence-electron chi connectivity index (χ3n) is 1.54. The first-order valence-electron chi connectivity index (χ1n) is 3.29. The summed E-state index contributed by atoms with van der Waals surface area (Å²) in [5, 5.41) is 0. The highest BCUT2D eigenvalue weighted by atomic mass is 14.7. The molecule has 4 N–H and O–H groups in total.